The van der Waals surface area contributed by atoms with Crippen LogP contribution in [0, 0.1) is 0 Å². The third kappa shape index (κ3) is 4.44. The number of nitrogens with zero attached hydrogens (tertiary/aromatic N) is 2. The van der Waals surface area contributed by atoms with Gasteiger partial charge in [-0.25, -0.2) is 4.98 Å². The van der Waals surface area contributed by atoms with Crippen molar-refractivity contribution < 1.29 is 9.59 Å². The number of hydrogen-bond acceptors (Lipinski definition) is 3. The Hall–Kier alpha value is -3.15. The fourth-order valence-electron chi connectivity index (χ4n) is 2.51. The van der Waals surface area contributed by atoms with Crippen molar-refractivity contribution in [2.75, 3.05) is 6.54 Å². The number of aromatic nitrogens is 2. The first-order chi connectivity index (χ1) is 12.1. The van der Waals surface area contributed by atoms with E-state index in [-0.39, 0.29) is 11.8 Å². The molecule has 3 aromatic rings. The van der Waals surface area contributed by atoms with Crippen LogP contribution in [0.2, 0.25) is 0 Å². The van der Waals surface area contributed by atoms with Crippen LogP contribution < -0.4 is 10.6 Å². The van der Waals surface area contributed by atoms with Gasteiger partial charge in [-0.2, -0.15) is 0 Å². The Morgan fingerprint density at radius 2 is 1.88 bits per heavy atom. The highest BCUT2D eigenvalue weighted by atomic mass is 16.2. The Bertz CT molecular complexity index is 851. The Morgan fingerprint density at radius 1 is 1.08 bits per heavy atom. The van der Waals surface area contributed by atoms with Crippen molar-refractivity contribution in [2.24, 2.45) is 0 Å². The fraction of sp³-hybridized carbons (Fsp3) is 0.211. The van der Waals surface area contributed by atoms with Crippen LogP contribution in [0.15, 0.2) is 54.9 Å². The number of pyridine rings is 1. The quantitative estimate of drug-likeness (QED) is 0.722. The summed E-state index contributed by atoms with van der Waals surface area (Å²) in [5.74, 6) is -0.191. The zero-order valence-corrected chi connectivity index (χ0v) is 14.0. The fourth-order valence-corrected chi connectivity index (χ4v) is 2.51. The van der Waals surface area contributed by atoms with E-state index in [0.29, 0.717) is 25.1 Å². The topological polar surface area (TPSA) is 75.5 Å². The molecule has 0 bridgehead atoms. The summed E-state index contributed by atoms with van der Waals surface area (Å²) < 4.78 is 1.96. The molecule has 0 fully saturated rings. The van der Waals surface area contributed by atoms with Gasteiger partial charge in [0.25, 0.3) is 5.91 Å². The second-order valence-electron chi connectivity index (χ2n) is 5.81. The van der Waals surface area contributed by atoms with E-state index in [2.05, 4.69) is 15.6 Å². The van der Waals surface area contributed by atoms with Gasteiger partial charge in [-0.3, -0.25) is 9.59 Å². The summed E-state index contributed by atoms with van der Waals surface area (Å²) in [6, 6.07) is 13.1. The minimum atomic E-state index is -0.116. The lowest BCUT2D eigenvalue weighted by Crippen LogP contribution is -2.25. The molecule has 1 aromatic carbocycles. The number of rotatable bonds is 6. The molecule has 2 amide bonds. The molecule has 0 unspecified atom stereocenters. The average Bonchev–Trinajstić information content (AvgIpc) is 3.03. The molecule has 0 atom stereocenters. The predicted molar refractivity (Wildman–Crippen MR) is 95.2 cm³/mol. The van der Waals surface area contributed by atoms with Crippen molar-refractivity contribution in [3.05, 3.63) is 71.7 Å². The van der Waals surface area contributed by atoms with Crippen molar-refractivity contribution in [1.82, 2.24) is 20.0 Å². The molecule has 3 rings (SSSR count). The second kappa shape index (κ2) is 7.61. The van der Waals surface area contributed by atoms with Crippen LogP contribution >= 0.6 is 0 Å². The number of imidazole rings is 1. The van der Waals surface area contributed by atoms with Crippen molar-refractivity contribution >= 4 is 17.5 Å². The second-order valence-corrected chi connectivity index (χ2v) is 5.81. The first-order valence-electron chi connectivity index (χ1n) is 8.16. The maximum atomic E-state index is 12.2. The van der Waals surface area contributed by atoms with Gasteiger partial charge in [-0.15, -0.1) is 0 Å². The van der Waals surface area contributed by atoms with Gasteiger partial charge in [0, 0.05) is 44.4 Å². The lowest BCUT2D eigenvalue weighted by Gasteiger charge is -2.06. The molecule has 6 heteroatoms. The van der Waals surface area contributed by atoms with E-state index in [4.69, 9.17) is 0 Å². The number of benzene rings is 1. The van der Waals surface area contributed by atoms with E-state index in [0.717, 1.165) is 16.9 Å². The number of carbonyl (C=O) groups excluding carboxylic acids is 2. The minimum absolute atomic E-state index is 0.0752. The minimum Gasteiger partial charge on any atom is -0.352 e. The molecule has 25 heavy (non-hydrogen) atoms. The molecule has 0 aliphatic rings. The van der Waals surface area contributed by atoms with E-state index in [9.17, 15) is 9.59 Å². The normalized spacial score (nSPS) is 10.6. The molecule has 128 valence electrons. The number of fused-ring (bicyclic) bond motifs is 1. The van der Waals surface area contributed by atoms with E-state index < -0.39 is 0 Å². The number of nitrogens with one attached hydrogen (secondary N) is 2. The molecule has 0 radical (unpaired) electrons. The van der Waals surface area contributed by atoms with Gasteiger partial charge < -0.3 is 15.0 Å². The van der Waals surface area contributed by atoms with Crippen LogP contribution in [0.4, 0.5) is 0 Å². The van der Waals surface area contributed by atoms with Crippen LogP contribution in [-0.4, -0.2) is 27.7 Å². The molecule has 0 aliphatic heterocycles. The van der Waals surface area contributed by atoms with Crippen LogP contribution in [0.1, 0.15) is 28.5 Å². The van der Waals surface area contributed by atoms with Crippen molar-refractivity contribution in [3.8, 4) is 0 Å². The molecule has 0 aliphatic carbocycles. The summed E-state index contributed by atoms with van der Waals surface area (Å²) >= 11 is 0. The van der Waals surface area contributed by atoms with Crippen LogP contribution in [0.3, 0.4) is 0 Å². The molecule has 0 saturated carbocycles. The number of amides is 2. The monoisotopic (exact) mass is 336 g/mol. The summed E-state index contributed by atoms with van der Waals surface area (Å²) in [6.07, 6.45) is 4.60. The first-order valence-corrected chi connectivity index (χ1v) is 8.16. The maximum Gasteiger partial charge on any atom is 0.251 e. The van der Waals surface area contributed by atoms with E-state index in [1.807, 2.05) is 47.1 Å². The van der Waals surface area contributed by atoms with Gasteiger partial charge >= 0.3 is 0 Å². The standard InChI is InChI=1S/C19H20N4O2/c1-14(24)21-12-15-5-7-16(8-6-15)19(25)20-10-9-17-13-23-11-3-2-4-18(23)22-17/h2-8,11,13H,9-10,12H2,1H3,(H,20,25)(H,21,24). The third-order valence-electron chi connectivity index (χ3n) is 3.84. The summed E-state index contributed by atoms with van der Waals surface area (Å²) in [4.78, 5) is 27.6. The van der Waals surface area contributed by atoms with E-state index in [1.165, 1.54) is 6.92 Å². The zero-order valence-electron chi connectivity index (χ0n) is 14.0. The highest BCUT2D eigenvalue weighted by Gasteiger charge is 2.06. The Morgan fingerprint density at radius 3 is 2.60 bits per heavy atom. The first kappa shape index (κ1) is 16.7. The summed E-state index contributed by atoms with van der Waals surface area (Å²) in [5.41, 5.74) is 3.40. The molecule has 2 N–H and O–H groups in total. The molecular weight excluding hydrogens is 316 g/mol. The largest absolute Gasteiger partial charge is 0.352 e. The van der Waals surface area contributed by atoms with Gasteiger partial charge in [0.15, 0.2) is 0 Å². The molecular formula is C19H20N4O2. The van der Waals surface area contributed by atoms with Crippen LogP contribution in [0.25, 0.3) is 5.65 Å². The number of hydrogen-bond donors (Lipinski definition) is 2. The van der Waals surface area contributed by atoms with Gasteiger partial charge in [0.1, 0.15) is 5.65 Å². The Kier molecular flexibility index (Phi) is 5.09. The van der Waals surface area contributed by atoms with Gasteiger partial charge in [-0.1, -0.05) is 18.2 Å². The summed E-state index contributed by atoms with van der Waals surface area (Å²) in [5, 5.41) is 5.63. The smallest absolute Gasteiger partial charge is 0.251 e. The predicted octanol–water partition coefficient (Wildman–Crippen LogP) is 1.94. The van der Waals surface area contributed by atoms with E-state index in [1.54, 1.807) is 12.1 Å². The zero-order chi connectivity index (χ0) is 17.6. The van der Waals surface area contributed by atoms with Crippen LogP contribution in [0.5, 0.6) is 0 Å². The SMILES string of the molecule is CC(=O)NCc1ccc(C(=O)NCCc2cn3ccccc3n2)cc1. The molecule has 0 saturated heterocycles. The highest BCUT2D eigenvalue weighted by Crippen LogP contribution is 2.06. The van der Waals surface area contributed by atoms with Crippen LogP contribution in [-0.2, 0) is 17.8 Å². The molecule has 0 spiro atoms. The van der Waals surface area contributed by atoms with Crippen molar-refractivity contribution in [3.63, 3.8) is 0 Å². The Labute approximate surface area is 145 Å². The van der Waals surface area contributed by atoms with E-state index >= 15 is 0 Å². The third-order valence-corrected chi connectivity index (χ3v) is 3.84. The maximum absolute atomic E-state index is 12.2. The summed E-state index contributed by atoms with van der Waals surface area (Å²) in [7, 11) is 0. The highest BCUT2D eigenvalue weighted by molar-refractivity contribution is 5.94. The molecule has 6 nitrogen and oxygen atoms in total. The lowest BCUT2D eigenvalue weighted by atomic mass is 10.1. The van der Waals surface area contributed by atoms with Gasteiger partial charge in [0.2, 0.25) is 5.91 Å². The van der Waals surface area contributed by atoms with Gasteiger partial charge in [0.05, 0.1) is 5.69 Å². The van der Waals surface area contributed by atoms with Crippen molar-refractivity contribution in [1.29, 1.82) is 0 Å². The van der Waals surface area contributed by atoms with Crippen molar-refractivity contribution in [2.45, 2.75) is 19.9 Å². The Balaban J connectivity index is 1.51. The number of carbonyl (C=O) groups is 2. The molecule has 2 aromatic heterocycles. The van der Waals surface area contributed by atoms with Gasteiger partial charge in [-0.05, 0) is 29.8 Å². The lowest BCUT2D eigenvalue weighted by molar-refractivity contribution is -0.119. The summed E-state index contributed by atoms with van der Waals surface area (Å²) in [6.45, 7) is 2.46. The average molecular weight is 336 g/mol. The molecule has 2 heterocycles.